The number of rotatable bonds is 2. The van der Waals surface area contributed by atoms with Gasteiger partial charge in [-0.2, -0.15) is 0 Å². The lowest BCUT2D eigenvalue weighted by molar-refractivity contribution is 0.469. The van der Waals surface area contributed by atoms with Crippen molar-refractivity contribution in [3.05, 3.63) is 53.1 Å². The molecule has 0 aliphatic heterocycles. The highest BCUT2D eigenvalue weighted by molar-refractivity contribution is 6.28. The van der Waals surface area contributed by atoms with E-state index in [9.17, 15) is 5.11 Å². The second-order valence-corrected chi connectivity index (χ2v) is 3.46. The minimum absolute atomic E-state index is 0.225. The maximum Gasteiger partial charge on any atom is 0.222 e. The Hall–Kier alpha value is -1.61. The van der Waals surface area contributed by atoms with Gasteiger partial charge < -0.3 is 5.11 Å². The number of aromatic hydroxyl groups is 1. The van der Waals surface area contributed by atoms with Crippen LogP contribution in [0, 0.1) is 0 Å². The Balaban J connectivity index is 2.26. The molecule has 0 saturated carbocycles. The van der Waals surface area contributed by atoms with E-state index in [0.717, 1.165) is 11.3 Å². The van der Waals surface area contributed by atoms with Gasteiger partial charge in [-0.1, -0.05) is 18.2 Å². The van der Waals surface area contributed by atoms with Gasteiger partial charge in [0, 0.05) is 18.3 Å². The molecule has 4 heteroatoms. The first-order valence-corrected chi connectivity index (χ1v) is 4.88. The molecule has 0 fully saturated rings. The molecule has 3 nitrogen and oxygen atoms in total. The number of halogens is 1. The monoisotopic (exact) mass is 220 g/mol. The quantitative estimate of drug-likeness (QED) is 0.791. The molecule has 0 aliphatic rings. The van der Waals surface area contributed by atoms with Gasteiger partial charge in [0.05, 0.1) is 0 Å². The Kier molecular flexibility index (Phi) is 2.83. The molecule has 76 valence electrons. The average molecular weight is 221 g/mol. The van der Waals surface area contributed by atoms with Crippen LogP contribution in [-0.2, 0) is 6.42 Å². The SMILES string of the molecule is Oc1ccccc1Cc1ccnc(Cl)n1. The van der Waals surface area contributed by atoms with Crippen LogP contribution in [0.1, 0.15) is 11.3 Å². The molecule has 0 unspecified atom stereocenters. The summed E-state index contributed by atoms with van der Waals surface area (Å²) in [5.41, 5.74) is 1.61. The molecular formula is C11H9ClN2O. The van der Waals surface area contributed by atoms with Gasteiger partial charge >= 0.3 is 0 Å². The first-order chi connectivity index (χ1) is 7.25. The van der Waals surface area contributed by atoms with Crippen LogP contribution in [0.3, 0.4) is 0 Å². The summed E-state index contributed by atoms with van der Waals surface area (Å²) in [6.45, 7) is 0. The largest absolute Gasteiger partial charge is 0.508 e. The summed E-state index contributed by atoms with van der Waals surface area (Å²) in [7, 11) is 0. The van der Waals surface area contributed by atoms with Crippen molar-refractivity contribution in [1.29, 1.82) is 0 Å². The number of para-hydroxylation sites is 1. The van der Waals surface area contributed by atoms with Crippen molar-refractivity contribution in [2.75, 3.05) is 0 Å². The van der Waals surface area contributed by atoms with Crippen LogP contribution < -0.4 is 0 Å². The molecule has 0 atom stereocenters. The summed E-state index contributed by atoms with van der Waals surface area (Å²) < 4.78 is 0. The molecule has 1 N–H and O–H groups in total. The summed E-state index contributed by atoms with van der Waals surface area (Å²) >= 11 is 5.67. The molecule has 2 aromatic rings. The second kappa shape index (κ2) is 4.28. The third kappa shape index (κ3) is 2.44. The fourth-order valence-electron chi connectivity index (χ4n) is 1.32. The number of phenols is 1. The van der Waals surface area contributed by atoms with Gasteiger partial charge in [-0.05, 0) is 29.3 Å². The van der Waals surface area contributed by atoms with Gasteiger partial charge in [-0.3, -0.25) is 0 Å². The van der Waals surface area contributed by atoms with Crippen LogP contribution in [0.5, 0.6) is 5.75 Å². The van der Waals surface area contributed by atoms with Crippen molar-refractivity contribution in [1.82, 2.24) is 9.97 Å². The number of benzene rings is 1. The maximum absolute atomic E-state index is 9.56. The van der Waals surface area contributed by atoms with Gasteiger partial charge in [-0.15, -0.1) is 0 Å². The highest BCUT2D eigenvalue weighted by Gasteiger charge is 2.03. The van der Waals surface area contributed by atoms with Crippen molar-refractivity contribution in [2.45, 2.75) is 6.42 Å². The van der Waals surface area contributed by atoms with Gasteiger partial charge in [0.1, 0.15) is 5.75 Å². The molecule has 1 aromatic heterocycles. The molecular weight excluding hydrogens is 212 g/mol. The van der Waals surface area contributed by atoms with Gasteiger partial charge in [0.2, 0.25) is 5.28 Å². The Morgan fingerprint density at radius 2 is 2.00 bits per heavy atom. The van der Waals surface area contributed by atoms with E-state index in [1.807, 2.05) is 12.1 Å². The minimum atomic E-state index is 0.225. The van der Waals surface area contributed by atoms with Crippen molar-refractivity contribution in [3.63, 3.8) is 0 Å². The summed E-state index contributed by atoms with van der Waals surface area (Å²) in [4.78, 5) is 7.85. The molecule has 0 saturated heterocycles. The Bertz CT molecular complexity index is 474. The van der Waals surface area contributed by atoms with Crippen LogP contribution in [0.25, 0.3) is 0 Å². The number of hydrogen-bond acceptors (Lipinski definition) is 3. The predicted octanol–water partition coefficient (Wildman–Crippen LogP) is 2.43. The summed E-state index contributed by atoms with van der Waals surface area (Å²) in [6, 6.07) is 8.94. The fourth-order valence-corrected chi connectivity index (χ4v) is 1.49. The molecule has 1 heterocycles. The van der Waals surface area contributed by atoms with E-state index < -0.39 is 0 Å². The van der Waals surface area contributed by atoms with Crippen molar-refractivity contribution >= 4 is 11.6 Å². The Morgan fingerprint density at radius 1 is 1.20 bits per heavy atom. The van der Waals surface area contributed by atoms with Crippen LogP contribution in [0.15, 0.2) is 36.5 Å². The van der Waals surface area contributed by atoms with Crippen LogP contribution in [-0.4, -0.2) is 15.1 Å². The lowest BCUT2D eigenvalue weighted by Gasteiger charge is -2.03. The molecule has 2 rings (SSSR count). The zero-order chi connectivity index (χ0) is 10.7. The molecule has 0 aliphatic carbocycles. The zero-order valence-electron chi connectivity index (χ0n) is 7.89. The number of phenolic OH excluding ortho intramolecular Hbond substituents is 1. The van der Waals surface area contributed by atoms with Crippen molar-refractivity contribution < 1.29 is 5.11 Å². The second-order valence-electron chi connectivity index (χ2n) is 3.12. The van der Waals surface area contributed by atoms with Gasteiger partial charge in [0.15, 0.2) is 0 Å². The molecule has 0 spiro atoms. The maximum atomic E-state index is 9.56. The highest BCUT2D eigenvalue weighted by atomic mass is 35.5. The van der Waals surface area contributed by atoms with E-state index in [-0.39, 0.29) is 11.0 Å². The van der Waals surface area contributed by atoms with E-state index in [2.05, 4.69) is 9.97 Å². The van der Waals surface area contributed by atoms with E-state index in [4.69, 9.17) is 11.6 Å². The van der Waals surface area contributed by atoms with Crippen LogP contribution >= 0.6 is 11.6 Å². The summed E-state index contributed by atoms with van der Waals surface area (Å²) in [5.74, 6) is 0.271. The normalized spacial score (nSPS) is 10.2. The molecule has 15 heavy (non-hydrogen) atoms. The van der Waals surface area contributed by atoms with E-state index >= 15 is 0 Å². The lowest BCUT2D eigenvalue weighted by Crippen LogP contribution is -1.93. The Morgan fingerprint density at radius 3 is 2.73 bits per heavy atom. The average Bonchev–Trinajstić information content (AvgIpc) is 2.22. The number of hydrogen-bond donors (Lipinski definition) is 1. The predicted molar refractivity (Wildman–Crippen MR) is 58.0 cm³/mol. The topological polar surface area (TPSA) is 46.0 Å². The van der Waals surface area contributed by atoms with Crippen LogP contribution in [0.4, 0.5) is 0 Å². The summed E-state index contributed by atoms with van der Waals surface area (Å²) in [5, 5.41) is 9.79. The molecule has 0 bridgehead atoms. The third-order valence-electron chi connectivity index (χ3n) is 2.05. The van der Waals surface area contributed by atoms with E-state index in [1.165, 1.54) is 0 Å². The zero-order valence-corrected chi connectivity index (χ0v) is 8.65. The first-order valence-electron chi connectivity index (χ1n) is 4.50. The number of nitrogens with zero attached hydrogens (tertiary/aromatic N) is 2. The van der Waals surface area contributed by atoms with E-state index in [1.54, 1.807) is 24.4 Å². The molecule has 0 radical (unpaired) electrons. The fraction of sp³-hybridized carbons (Fsp3) is 0.0909. The third-order valence-corrected chi connectivity index (χ3v) is 2.23. The Labute approximate surface area is 92.4 Å². The number of aromatic nitrogens is 2. The standard InChI is InChI=1S/C11H9ClN2O/c12-11-13-6-5-9(14-11)7-8-3-1-2-4-10(8)15/h1-6,15H,7H2. The van der Waals surface area contributed by atoms with Crippen molar-refractivity contribution in [3.8, 4) is 5.75 Å². The van der Waals surface area contributed by atoms with Gasteiger partial charge in [0.25, 0.3) is 0 Å². The minimum Gasteiger partial charge on any atom is -0.508 e. The highest BCUT2D eigenvalue weighted by Crippen LogP contribution is 2.18. The lowest BCUT2D eigenvalue weighted by atomic mass is 10.1. The summed E-state index contributed by atoms with van der Waals surface area (Å²) in [6.07, 6.45) is 2.15. The van der Waals surface area contributed by atoms with Crippen LogP contribution in [0.2, 0.25) is 5.28 Å². The first kappa shape index (κ1) is 9.93. The molecule has 1 aromatic carbocycles. The van der Waals surface area contributed by atoms with E-state index in [0.29, 0.717) is 6.42 Å². The van der Waals surface area contributed by atoms with Gasteiger partial charge in [-0.25, -0.2) is 9.97 Å². The smallest absolute Gasteiger partial charge is 0.222 e. The van der Waals surface area contributed by atoms with Crippen molar-refractivity contribution in [2.24, 2.45) is 0 Å². The molecule has 0 amide bonds.